The number of nitrogens with one attached hydrogen (secondary N) is 1. The Bertz CT molecular complexity index is 1240. The lowest BCUT2D eigenvalue weighted by molar-refractivity contribution is -0.0579. The second kappa shape index (κ2) is 11.7. The van der Waals surface area contributed by atoms with E-state index in [1.807, 2.05) is 6.92 Å². The molecule has 0 heterocycles. The monoisotopic (exact) mass is 583 g/mol. The normalized spacial score (nSPS) is 35.6. The quantitative estimate of drug-likeness (QED) is 0.310. The Morgan fingerprint density at radius 3 is 2.44 bits per heavy atom. The van der Waals surface area contributed by atoms with Crippen molar-refractivity contribution in [2.45, 2.75) is 123 Å². The highest BCUT2D eigenvalue weighted by Crippen LogP contribution is 2.67. The standard InChI is InChI=1S/C35H53NO4S/c1-23(2)8-7-9-25(4)30-16-17-31-29-15-12-26-22-27(18-20-34(26,5)32(29)19-21-35(30,31)6)40-33(37)36-41(38,39)28-13-10-24(3)11-14-28/h10-14,23,25,27,29-32H,7-9,15-22H2,1-6H3,(H,36,37). The molecule has 5 nitrogen and oxygen atoms in total. The zero-order valence-electron chi connectivity index (χ0n) is 26.2. The van der Waals surface area contributed by atoms with Crippen LogP contribution in [0.3, 0.4) is 0 Å². The Labute approximate surface area is 249 Å². The summed E-state index contributed by atoms with van der Waals surface area (Å²) in [6.45, 7) is 14.2. The molecular formula is C35H53NO4S. The third kappa shape index (κ3) is 6.01. The second-order valence-corrected chi connectivity index (χ2v) is 16.7. The Hall–Kier alpha value is -1.82. The molecule has 1 N–H and O–H groups in total. The van der Waals surface area contributed by atoms with E-state index in [4.69, 9.17) is 4.74 Å². The number of carbonyl (C=O) groups is 1. The number of allylic oxidation sites excluding steroid dienone is 1. The lowest BCUT2D eigenvalue weighted by Crippen LogP contribution is -2.51. The number of fused-ring (bicyclic) bond motifs is 5. The van der Waals surface area contributed by atoms with Crippen molar-refractivity contribution in [3.05, 3.63) is 41.5 Å². The van der Waals surface area contributed by atoms with Crippen LogP contribution in [-0.4, -0.2) is 20.6 Å². The third-order valence-corrected chi connectivity index (χ3v) is 13.4. The molecule has 0 bridgehead atoms. The van der Waals surface area contributed by atoms with E-state index in [2.05, 4.69) is 45.4 Å². The van der Waals surface area contributed by atoms with Crippen LogP contribution in [0.5, 0.6) is 0 Å². The minimum absolute atomic E-state index is 0.0701. The maximum atomic E-state index is 12.7. The van der Waals surface area contributed by atoms with Crippen molar-refractivity contribution < 1.29 is 17.9 Å². The summed E-state index contributed by atoms with van der Waals surface area (Å²) in [5.41, 5.74) is 3.03. The fourth-order valence-corrected chi connectivity index (χ4v) is 10.7. The maximum Gasteiger partial charge on any atom is 0.421 e. The van der Waals surface area contributed by atoms with E-state index in [0.717, 1.165) is 60.8 Å². The van der Waals surface area contributed by atoms with Crippen LogP contribution in [0.25, 0.3) is 0 Å². The number of hydrogen-bond donors (Lipinski definition) is 1. The van der Waals surface area contributed by atoms with Crippen LogP contribution in [0.1, 0.15) is 111 Å². The SMILES string of the molecule is Cc1ccc(S(=O)(=O)NC(=O)OC2CCC3(C)C(=CCC4C3CCC3(C)C(C(C)CCCC(C)C)CCC43)C2)cc1. The number of benzene rings is 1. The number of rotatable bonds is 8. The first-order chi connectivity index (χ1) is 19.3. The molecule has 8 atom stereocenters. The van der Waals surface area contributed by atoms with Gasteiger partial charge in [-0.15, -0.1) is 0 Å². The highest BCUT2D eigenvalue weighted by atomic mass is 32.2. The number of hydrogen-bond acceptors (Lipinski definition) is 4. The van der Waals surface area contributed by atoms with Gasteiger partial charge in [-0.2, -0.15) is 0 Å². The molecule has 1 aromatic carbocycles. The first-order valence-corrected chi connectivity index (χ1v) is 17.8. The second-order valence-electron chi connectivity index (χ2n) is 15.0. The van der Waals surface area contributed by atoms with Crippen molar-refractivity contribution in [1.29, 1.82) is 0 Å². The Morgan fingerprint density at radius 2 is 1.73 bits per heavy atom. The average molecular weight is 584 g/mol. The molecule has 1 aromatic rings. The lowest BCUT2D eigenvalue weighted by Gasteiger charge is -2.58. The van der Waals surface area contributed by atoms with Gasteiger partial charge in [-0.25, -0.2) is 17.9 Å². The fraction of sp³-hybridized carbons (Fsp3) is 0.743. The van der Waals surface area contributed by atoms with Crippen molar-refractivity contribution in [3.63, 3.8) is 0 Å². The van der Waals surface area contributed by atoms with E-state index in [-0.39, 0.29) is 16.4 Å². The van der Waals surface area contributed by atoms with Crippen LogP contribution in [0, 0.1) is 53.3 Å². The number of aryl methyl sites for hydroxylation is 1. The molecule has 0 aromatic heterocycles. The van der Waals surface area contributed by atoms with Gasteiger partial charge in [0.2, 0.25) is 0 Å². The molecule has 0 saturated heterocycles. The largest absolute Gasteiger partial charge is 0.445 e. The number of amides is 1. The van der Waals surface area contributed by atoms with E-state index >= 15 is 0 Å². The van der Waals surface area contributed by atoms with Crippen LogP contribution in [0.4, 0.5) is 4.79 Å². The smallest absolute Gasteiger partial charge is 0.421 e. The fourth-order valence-electron chi connectivity index (χ4n) is 9.81. The molecule has 4 aliphatic rings. The summed E-state index contributed by atoms with van der Waals surface area (Å²) in [4.78, 5) is 12.7. The molecule has 4 aliphatic carbocycles. The van der Waals surface area contributed by atoms with Gasteiger partial charge in [0.1, 0.15) is 6.10 Å². The third-order valence-electron chi connectivity index (χ3n) is 12.1. The van der Waals surface area contributed by atoms with E-state index in [1.54, 1.807) is 12.1 Å². The number of sulfonamides is 1. The van der Waals surface area contributed by atoms with E-state index in [1.165, 1.54) is 62.7 Å². The van der Waals surface area contributed by atoms with Gasteiger partial charge in [0.15, 0.2) is 0 Å². The predicted molar refractivity (Wildman–Crippen MR) is 165 cm³/mol. The van der Waals surface area contributed by atoms with Crippen LogP contribution >= 0.6 is 0 Å². The van der Waals surface area contributed by atoms with Crippen LogP contribution < -0.4 is 4.72 Å². The molecular weight excluding hydrogens is 530 g/mol. The summed E-state index contributed by atoms with van der Waals surface area (Å²) in [6.07, 6.45) is 14.5. The van der Waals surface area contributed by atoms with E-state index in [9.17, 15) is 13.2 Å². The molecule has 6 heteroatoms. The zero-order valence-corrected chi connectivity index (χ0v) is 27.1. The summed E-state index contributed by atoms with van der Waals surface area (Å²) in [7, 11) is -3.95. The molecule has 3 saturated carbocycles. The topological polar surface area (TPSA) is 72.5 Å². The Balaban J connectivity index is 1.21. The minimum Gasteiger partial charge on any atom is -0.445 e. The molecule has 41 heavy (non-hydrogen) atoms. The van der Waals surface area contributed by atoms with Gasteiger partial charge in [0, 0.05) is 6.42 Å². The van der Waals surface area contributed by atoms with Gasteiger partial charge in [0.05, 0.1) is 4.90 Å². The Morgan fingerprint density at radius 1 is 1.00 bits per heavy atom. The molecule has 8 unspecified atom stereocenters. The molecule has 0 spiro atoms. The Kier molecular flexibility index (Phi) is 8.74. The zero-order chi connectivity index (χ0) is 29.6. The van der Waals surface area contributed by atoms with Crippen LogP contribution in [-0.2, 0) is 14.8 Å². The van der Waals surface area contributed by atoms with Gasteiger partial charge in [-0.3, -0.25) is 0 Å². The van der Waals surface area contributed by atoms with Crippen molar-refractivity contribution in [3.8, 4) is 0 Å². The molecule has 3 fully saturated rings. The molecule has 5 rings (SSSR count). The van der Waals surface area contributed by atoms with Crippen LogP contribution in [0.15, 0.2) is 40.8 Å². The van der Waals surface area contributed by atoms with E-state index < -0.39 is 16.1 Å². The lowest BCUT2D eigenvalue weighted by atomic mass is 9.47. The van der Waals surface area contributed by atoms with Crippen LogP contribution in [0.2, 0.25) is 0 Å². The summed E-state index contributed by atoms with van der Waals surface area (Å²) in [6, 6.07) is 6.46. The van der Waals surface area contributed by atoms with Gasteiger partial charge in [0.25, 0.3) is 10.0 Å². The first-order valence-electron chi connectivity index (χ1n) is 16.3. The van der Waals surface area contributed by atoms with Crippen molar-refractivity contribution in [2.75, 3.05) is 0 Å². The minimum atomic E-state index is -3.95. The molecule has 0 radical (unpaired) electrons. The van der Waals surface area contributed by atoms with Crippen molar-refractivity contribution in [2.24, 2.45) is 46.3 Å². The highest BCUT2D eigenvalue weighted by molar-refractivity contribution is 7.90. The van der Waals surface area contributed by atoms with Gasteiger partial charge >= 0.3 is 6.09 Å². The van der Waals surface area contributed by atoms with Gasteiger partial charge in [-0.1, -0.05) is 83.2 Å². The summed E-state index contributed by atoms with van der Waals surface area (Å²) >= 11 is 0. The number of carbonyl (C=O) groups excluding carboxylic acids is 1. The molecule has 0 aliphatic heterocycles. The first kappa shape index (κ1) is 30.6. The van der Waals surface area contributed by atoms with Gasteiger partial charge < -0.3 is 4.74 Å². The molecule has 1 amide bonds. The highest BCUT2D eigenvalue weighted by Gasteiger charge is 2.59. The van der Waals surface area contributed by atoms with Gasteiger partial charge in [-0.05, 0) is 110 Å². The summed E-state index contributed by atoms with van der Waals surface area (Å²) in [5.74, 6) is 4.76. The summed E-state index contributed by atoms with van der Waals surface area (Å²) in [5, 5.41) is 0. The maximum absolute atomic E-state index is 12.7. The summed E-state index contributed by atoms with van der Waals surface area (Å²) < 4.78 is 33.2. The predicted octanol–water partition coefficient (Wildman–Crippen LogP) is 8.82. The average Bonchev–Trinajstić information content (AvgIpc) is 3.26. The molecule has 228 valence electrons. The van der Waals surface area contributed by atoms with Crippen molar-refractivity contribution >= 4 is 16.1 Å². The van der Waals surface area contributed by atoms with E-state index in [0.29, 0.717) is 11.3 Å². The van der Waals surface area contributed by atoms with Crippen molar-refractivity contribution in [1.82, 2.24) is 4.72 Å². The number of ether oxygens (including phenoxy) is 1.